The summed E-state index contributed by atoms with van der Waals surface area (Å²) in [5.41, 5.74) is 2.07. The van der Waals surface area contributed by atoms with Crippen LogP contribution < -0.4 is 9.64 Å². The Labute approximate surface area is 148 Å². The van der Waals surface area contributed by atoms with Crippen LogP contribution in [0.3, 0.4) is 0 Å². The lowest BCUT2D eigenvalue weighted by atomic mass is 10.2. The summed E-state index contributed by atoms with van der Waals surface area (Å²) in [4.78, 5) is 13.5. The minimum absolute atomic E-state index is 0.287. The molecule has 1 aromatic carbocycles. The van der Waals surface area contributed by atoms with Gasteiger partial charge in [-0.3, -0.25) is 4.90 Å². The van der Waals surface area contributed by atoms with E-state index in [1.165, 1.54) is 5.56 Å². The summed E-state index contributed by atoms with van der Waals surface area (Å²) < 4.78 is 5.84. The number of fused-ring (bicyclic) bond motifs is 1. The van der Waals surface area contributed by atoms with Gasteiger partial charge in [-0.2, -0.15) is 4.98 Å². The van der Waals surface area contributed by atoms with Gasteiger partial charge in [0.15, 0.2) is 11.0 Å². The predicted molar refractivity (Wildman–Crippen MR) is 96.6 cm³/mol. The first kappa shape index (κ1) is 17.0. The van der Waals surface area contributed by atoms with E-state index >= 15 is 0 Å². The summed E-state index contributed by atoms with van der Waals surface area (Å²) in [6, 6.07) is 10.7. The minimum atomic E-state index is 0.287. The van der Waals surface area contributed by atoms with E-state index in [4.69, 9.17) is 16.3 Å². The van der Waals surface area contributed by atoms with E-state index in [0.29, 0.717) is 30.0 Å². The van der Waals surface area contributed by atoms with Gasteiger partial charge < -0.3 is 9.64 Å². The van der Waals surface area contributed by atoms with Crippen molar-refractivity contribution < 1.29 is 4.74 Å². The number of rotatable bonds is 4. The van der Waals surface area contributed by atoms with Crippen LogP contribution in [0.15, 0.2) is 30.3 Å². The maximum atomic E-state index is 6.37. The van der Waals surface area contributed by atoms with Gasteiger partial charge in [-0.15, -0.1) is 0 Å². The molecule has 0 aliphatic carbocycles. The van der Waals surface area contributed by atoms with Crippen LogP contribution in [0.4, 0.5) is 5.82 Å². The number of hydrogen-bond acceptors (Lipinski definition) is 5. The van der Waals surface area contributed by atoms with Gasteiger partial charge in [0, 0.05) is 32.7 Å². The van der Waals surface area contributed by atoms with E-state index in [1.807, 2.05) is 18.0 Å². The molecule has 6 heteroatoms. The zero-order valence-corrected chi connectivity index (χ0v) is 15.1. The third-order valence-electron chi connectivity index (χ3n) is 4.25. The van der Waals surface area contributed by atoms with Crippen molar-refractivity contribution in [3.63, 3.8) is 0 Å². The van der Waals surface area contributed by atoms with Crippen LogP contribution in [-0.2, 0) is 13.1 Å². The highest BCUT2D eigenvalue weighted by atomic mass is 35.5. The van der Waals surface area contributed by atoms with E-state index in [9.17, 15) is 0 Å². The molecule has 128 valence electrons. The quantitative estimate of drug-likeness (QED) is 0.849. The van der Waals surface area contributed by atoms with Crippen molar-refractivity contribution in [1.29, 1.82) is 0 Å². The number of halogens is 1. The average molecular weight is 347 g/mol. The third-order valence-corrected chi connectivity index (χ3v) is 4.50. The van der Waals surface area contributed by atoms with Crippen LogP contribution in [0.5, 0.6) is 5.88 Å². The molecule has 0 saturated carbocycles. The van der Waals surface area contributed by atoms with Crippen molar-refractivity contribution in [2.24, 2.45) is 0 Å². The molecular weight excluding hydrogens is 324 g/mol. The van der Waals surface area contributed by atoms with Crippen LogP contribution in [0.25, 0.3) is 0 Å². The van der Waals surface area contributed by atoms with E-state index in [1.54, 1.807) is 0 Å². The molecule has 3 rings (SSSR count). The summed E-state index contributed by atoms with van der Waals surface area (Å²) in [6.07, 6.45) is 0. The van der Waals surface area contributed by atoms with Crippen molar-refractivity contribution in [3.05, 3.63) is 46.7 Å². The van der Waals surface area contributed by atoms with Crippen LogP contribution in [0.2, 0.25) is 5.15 Å². The SMILES string of the molecule is CC(C)N(C)c1nc2c(nc1Cl)CN(Cc1ccccc1)CCO2. The minimum Gasteiger partial charge on any atom is -0.475 e. The molecule has 0 atom stereocenters. The predicted octanol–water partition coefficient (Wildman–Crippen LogP) is 3.37. The maximum Gasteiger partial charge on any atom is 0.239 e. The fourth-order valence-electron chi connectivity index (χ4n) is 2.65. The third kappa shape index (κ3) is 3.79. The number of hydrogen-bond donors (Lipinski definition) is 0. The Kier molecular flexibility index (Phi) is 5.21. The Hall–Kier alpha value is -1.85. The highest BCUT2D eigenvalue weighted by Crippen LogP contribution is 2.29. The molecule has 0 bridgehead atoms. The molecule has 0 fully saturated rings. The topological polar surface area (TPSA) is 41.5 Å². The molecule has 0 unspecified atom stereocenters. The largest absolute Gasteiger partial charge is 0.475 e. The average Bonchev–Trinajstić information content (AvgIpc) is 2.75. The van der Waals surface area contributed by atoms with Crippen LogP contribution in [0, 0.1) is 0 Å². The second-order valence-corrected chi connectivity index (χ2v) is 6.70. The Morgan fingerprint density at radius 2 is 2.00 bits per heavy atom. The molecule has 5 nitrogen and oxygen atoms in total. The number of nitrogens with zero attached hydrogens (tertiary/aromatic N) is 4. The summed E-state index contributed by atoms with van der Waals surface area (Å²) in [5.74, 6) is 1.26. The Balaban J connectivity index is 1.82. The van der Waals surface area contributed by atoms with Gasteiger partial charge in [0.05, 0.1) is 0 Å². The van der Waals surface area contributed by atoms with Crippen molar-refractivity contribution >= 4 is 17.4 Å². The number of benzene rings is 1. The zero-order valence-electron chi connectivity index (χ0n) is 14.4. The molecule has 2 heterocycles. The molecule has 1 aromatic heterocycles. The van der Waals surface area contributed by atoms with Gasteiger partial charge in [-0.05, 0) is 19.4 Å². The lowest BCUT2D eigenvalue weighted by Crippen LogP contribution is -2.27. The second kappa shape index (κ2) is 7.36. The first-order valence-corrected chi connectivity index (χ1v) is 8.60. The molecule has 24 heavy (non-hydrogen) atoms. The molecule has 0 amide bonds. The van der Waals surface area contributed by atoms with E-state index in [2.05, 4.69) is 53.0 Å². The van der Waals surface area contributed by atoms with Crippen molar-refractivity contribution in [1.82, 2.24) is 14.9 Å². The molecule has 1 aliphatic rings. The first-order chi connectivity index (χ1) is 11.5. The Morgan fingerprint density at radius 1 is 1.25 bits per heavy atom. The van der Waals surface area contributed by atoms with Crippen molar-refractivity contribution in [2.45, 2.75) is 33.0 Å². The lowest BCUT2D eigenvalue weighted by Gasteiger charge is -2.24. The molecule has 0 spiro atoms. The summed E-state index contributed by atoms with van der Waals surface area (Å²) in [7, 11) is 1.96. The van der Waals surface area contributed by atoms with Crippen LogP contribution in [0.1, 0.15) is 25.1 Å². The molecular formula is C18H23ClN4O. The summed E-state index contributed by atoms with van der Waals surface area (Å²) in [5, 5.41) is 0.426. The highest BCUT2D eigenvalue weighted by molar-refractivity contribution is 6.31. The van der Waals surface area contributed by atoms with Crippen LogP contribution >= 0.6 is 11.6 Å². The van der Waals surface area contributed by atoms with E-state index in [-0.39, 0.29) is 6.04 Å². The fourth-order valence-corrected chi connectivity index (χ4v) is 2.93. The van der Waals surface area contributed by atoms with Gasteiger partial charge in [0.25, 0.3) is 0 Å². The molecule has 0 saturated heterocycles. The Bertz CT molecular complexity index is 693. The first-order valence-electron chi connectivity index (χ1n) is 8.23. The van der Waals surface area contributed by atoms with E-state index in [0.717, 1.165) is 18.8 Å². The number of aromatic nitrogens is 2. The normalized spacial score (nSPS) is 14.9. The molecule has 2 aromatic rings. The van der Waals surface area contributed by atoms with Crippen molar-refractivity contribution in [3.8, 4) is 5.88 Å². The second-order valence-electron chi connectivity index (χ2n) is 6.34. The molecule has 0 N–H and O–H groups in total. The van der Waals surface area contributed by atoms with Gasteiger partial charge in [-0.1, -0.05) is 41.9 Å². The highest BCUT2D eigenvalue weighted by Gasteiger charge is 2.22. The zero-order chi connectivity index (χ0) is 17.1. The summed E-state index contributed by atoms with van der Waals surface area (Å²) >= 11 is 6.37. The maximum absolute atomic E-state index is 6.37. The summed E-state index contributed by atoms with van der Waals surface area (Å²) in [6.45, 7) is 7.15. The van der Waals surface area contributed by atoms with Gasteiger partial charge in [-0.25, -0.2) is 4.98 Å². The van der Waals surface area contributed by atoms with Crippen molar-refractivity contribution in [2.75, 3.05) is 25.1 Å². The molecule has 1 aliphatic heterocycles. The standard InChI is InChI=1S/C18H23ClN4O/c1-13(2)22(3)17-16(19)20-15-12-23(9-10-24-18(15)21-17)11-14-7-5-4-6-8-14/h4-8,13H,9-12H2,1-3H3. The lowest BCUT2D eigenvalue weighted by molar-refractivity contribution is 0.217. The monoisotopic (exact) mass is 346 g/mol. The molecule has 0 radical (unpaired) electrons. The fraction of sp³-hybridized carbons (Fsp3) is 0.444. The van der Waals surface area contributed by atoms with Gasteiger partial charge >= 0.3 is 0 Å². The number of anilines is 1. The van der Waals surface area contributed by atoms with Crippen LogP contribution in [-0.4, -0.2) is 41.1 Å². The van der Waals surface area contributed by atoms with Gasteiger partial charge in [0.1, 0.15) is 12.3 Å². The Morgan fingerprint density at radius 3 is 2.71 bits per heavy atom. The number of ether oxygens (including phenoxy) is 1. The smallest absolute Gasteiger partial charge is 0.239 e. The van der Waals surface area contributed by atoms with E-state index < -0.39 is 0 Å². The van der Waals surface area contributed by atoms with Gasteiger partial charge in [0.2, 0.25) is 5.88 Å².